The predicted molar refractivity (Wildman–Crippen MR) is 78.8 cm³/mol. The minimum absolute atomic E-state index is 0.167. The summed E-state index contributed by atoms with van der Waals surface area (Å²) in [5, 5.41) is 0.167. The van der Waals surface area contributed by atoms with E-state index in [1.807, 2.05) is 11.9 Å². The lowest BCUT2D eigenvalue weighted by Gasteiger charge is -2.27. The monoisotopic (exact) mass is 308 g/mol. The standard InChI is InChI=1S/C13H17ClN6O/c1-19(8-10-4-2-3-7-21-10)12-16-11(14)17-13(18-12)20-6-5-15-9-20/h5-6,9-10H,2-4,7-8H2,1H3. The molecule has 3 heterocycles. The molecule has 1 atom stereocenters. The van der Waals surface area contributed by atoms with E-state index >= 15 is 0 Å². The van der Waals surface area contributed by atoms with Gasteiger partial charge in [-0.1, -0.05) is 0 Å². The molecular weight excluding hydrogens is 292 g/mol. The van der Waals surface area contributed by atoms with Crippen LogP contribution in [-0.4, -0.2) is 50.8 Å². The Labute approximate surface area is 128 Å². The number of ether oxygens (including phenoxy) is 1. The lowest BCUT2D eigenvalue weighted by Crippen LogP contribution is -2.34. The summed E-state index contributed by atoms with van der Waals surface area (Å²) < 4.78 is 7.44. The molecule has 2 aromatic rings. The van der Waals surface area contributed by atoms with Gasteiger partial charge < -0.3 is 9.64 Å². The summed E-state index contributed by atoms with van der Waals surface area (Å²) in [5.74, 6) is 0.992. The summed E-state index contributed by atoms with van der Waals surface area (Å²) in [6, 6.07) is 0. The van der Waals surface area contributed by atoms with E-state index in [9.17, 15) is 0 Å². The highest BCUT2D eigenvalue weighted by atomic mass is 35.5. The molecule has 8 heteroatoms. The van der Waals surface area contributed by atoms with Crippen LogP contribution in [0.1, 0.15) is 19.3 Å². The molecular formula is C13H17ClN6O. The zero-order valence-electron chi connectivity index (χ0n) is 11.8. The van der Waals surface area contributed by atoms with Gasteiger partial charge in [0.05, 0.1) is 6.10 Å². The second-order valence-corrected chi connectivity index (χ2v) is 5.38. The van der Waals surface area contributed by atoms with Gasteiger partial charge in [-0.15, -0.1) is 0 Å². The van der Waals surface area contributed by atoms with Crippen LogP contribution < -0.4 is 4.90 Å². The highest BCUT2D eigenvalue weighted by Crippen LogP contribution is 2.17. The highest BCUT2D eigenvalue weighted by molar-refractivity contribution is 6.28. The first-order chi connectivity index (χ1) is 10.2. The molecule has 21 heavy (non-hydrogen) atoms. The molecule has 1 unspecified atom stereocenters. The van der Waals surface area contributed by atoms with Crippen molar-refractivity contribution in [3.63, 3.8) is 0 Å². The van der Waals surface area contributed by atoms with Gasteiger partial charge in [-0.3, -0.25) is 4.57 Å². The lowest BCUT2D eigenvalue weighted by atomic mass is 10.1. The van der Waals surface area contributed by atoms with Crippen molar-refractivity contribution in [2.75, 3.05) is 25.1 Å². The van der Waals surface area contributed by atoms with Crippen molar-refractivity contribution in [2.24, 2.45) is 0 Å². The van der Waals surface area contributed by atoms with Gasteiger partial charge in [0.25, 0.3) is 0 Å². The van der Waals surface area contributed by atoms with E-state index in [1.54, 1.807) is 23.3 Å². The largest absolute Gasteiger partial charge is 0.376 e. The maximum absolute atomic E-state index is 6.00. The van der Waals surface area contributed by atoms with Gasteiger partial charge in [0.2, 0.25) is 17.2 Å². The maximum atomic E-state index is 6.00. The van der Waals surface area contributed by atoms with Gasteiger partial charge in [-0.25, -0.2) is 4.98 Å². The van der Waals surface area contributed by atoms with Crippen molar-refractivity contribution in [3.05, 3.63) is 24.0 Å². The van der Waals surface area contributed by atoms with Crippen LogP contribution in [0.4, 0.5) is 5.95 Å². The zero-order valence-corrected chi connectivity index (χ0v) is 12.6. The SMILES string of the molecule is CN(CC1CCCCO1)c1nc(Cl)nc(-n2ccnc2)n1. The van der Waals surface area contributed by atoms with Crippen molar-refractivity contribution in [1.82, 2.24) is 24.5 Å². The fraction of sp³-hybridized carbons (Fsp3) is 0.538. The Kier molecular flexibility index (Phi) is 4.31. The Hall–Kier alpha value is -1.73. The summed E-state index contributed by atoms with van der Waals surface area (Å²) >= 11 is 6.00. The normalized spacial score (nSPS) is 18.7. The molecule has 0 radical (unpaired) electrons. The molecule has 0 bridgehead atoms. The third-order valence-corrected chi connectivity index (χ3v) is 3.58. The van der Waals surface area contributed by atoms with E-state index in [0.717, 1.165) is 26.0 Å². The van der Waals surface area contributed by atoms with Crippen molar-refractivity contribution < 1.29 is 4.74 Å². The smallest absolute Gasteiger partial charge is 0.241 e. The van der Waals surface area contributed by atoms with E-state index in [1.165, 1.54) is 6.42 Å². The second-order valence-electron chi connectivity index (χ2n) is 5.04. The molecule has 112 valence electrons. The van der Waals surface area contributed by atoms with Crippen LogP contribution in [0.5, 0.6) is 0 Å². The number of hydrogen-bond donors (Lipinski definition) is 0. The van der Waals surface area contributed by atoms with Crippen LogP contribution in [0.15, 0.2) is 18.7 Å². The van der Waals surface area contributed by atoms with Crippen LogP contribution in [0, 0.1) is 0 Å². The van der Waals surface area contributed by atoms with Crippen molar-refractivity contribution in [1.29, 1.82) is 0 Å². The molecule has 0 spiro atoms. The van der Waals surface area contributed by atoms with Crippen LogP contribution in [0.25, 0.3) is 5.95 Å². The topological polar surface area (TPSA) is 69.0 Å². The molecule has 7 nitrogen and oxygen atoms in total. The number of imidazole rings is 1. The van der Waals surface area contributed by atoms with Crippen molar-refractivity contribution in [3.8, 4) is 5.95 Å². The number of rotatable bonds is 4. The lowest BCUT2D eigenvalue weighted by molar-refractivity contribution is 0.0214. The van der Waals surface area contributed by atoms with Gasteiger partial charge in [0, 0.05) is 32.6 Å². The second kappa shape index (κ2) is 6.36. The third kappa shape index (κ3) is 3.48. The van der Waals surface area contributed by atoms with Crippen LogP contribution in [0.3, 0.4) is 0 Å². The predicted octanol–water partition coefficient (Wildman–Crippen LogP) is 1.72. The van der Waals surface area contributed by atoms with Gasteiger partial charge in [0.15, 0.2) is 0 Å². The average Bonchev–Trinajstić information content (AvgIpc) is 3.02. The molecule has 3 rings (SSSR count). The molecule has 0 saturated carbocycles. The minimum atomic E-state index is 0.167. The molecule has 1 aliphatic heterocycles. The first kappa shape index (κ1) is 14.2. The number of halogens is 1. The number of nitrogens with zero attached hydrogens (tertiary/aromatic N) is 6. The number of anilines is 1. The van der Waals surface area contributed by atoms with Crippen LogP contribution in [-0.2, 0) is 4.74 Å². The quantitative estimate of drug-likeness (QED) is 0.856. The molecule has 1 saturated heterocycles. The minimum Gasteiger partial charge on any atom is -0.376 e. The zero-order chi connectivity index (χ0) is 14.7. The fourth-order valence-electron chi connectivity index (χ4n) is 2.33. The Morgan fingerprint density at radius 1 is 1.38 bits per heavy atom. The van der Waals surface area contributed by atoms with Crippen molar-refractivity contribution >= 4 is 17.5 Å². The van der Waals surface area contributed by atoms with Gasteiger partial charge in [-0.2, -0.15) is 15.0 Å². The number of hydrogen-bond acceptors (Lipinski definition) is 6. The maximum Gasteiger partial charge on any atom is 0.241 e. The van der Waals surface area contributed by atoms with Gasteiger partial charge >= 0.3 is 0 Å². The third-order valence-electron chi connectivity index (χ3n) is 3.41. The summed E-state index contributed by atoms with van der Waals surface area (Å²) in [6.45, 7) is 1.57. The Balaban J connectivity index is 1.77. The highest BCUT2D eigenvalue weighted by Gasteiger charge is 2.18. The number of aromatic nitrogens is 5. The van der Waals surface area contributed by atoms with E-state index < -0.39 is 0 Å². The molecule has 0 N–H and O–H groups in total. The van der Waals surface area contributed by atoms with E-state index in [0.29, 0.717) is 11.9 Å². The molecule has 1 fully saturated rings. The van der Waals surface area contributed by atoms with Crippen LogP contribution >= 0.6 is 11.6 Å². The fourth-order valence-corrected chi connectivity index (χ4v) is 2.48. The Morgan fingerprint density at radius 3 is 3.00 bits per heavy atom. The van der Waals surface area contributed by atoms with Crippen molar-refractivity contribution in [2.45, 2.75) is 25.4 Å². The van der Waals surface area contributed by atoms with E-state index in [2.05, 4.69) is 19.9 Å². The Bertz CT molecular complexity index is 584. The van der Waals surface area contributed by atoms with Gasteiger partial charge in [-0.05, 0) is 30.9 Å². The molecule has 0 aliphatic carbocycles. The summed E-state index contributed by atoms with van der Waals surface area (Å²) in [5.41, 5.74) is 0. The number of likely N-dealkylation sites (N-methyl/N-ethyl adjacent to an activating group) is 1. The van der Waals surface area contributed by atoms with Crippen LogP contribution in [0.2, 0.25) is 5.28 Å². The first-order valence-electron chi connectivity index (χ1n) is 6.95. The summed E-state index contributed by atoms with van der Waals surface area (Å²) in [6.07, 6.45) is 8.68. The molecule has 1 aliphatic rings. The first-order valence-corrected chi connectivity index (χ1v) is 7.33. The Morgan fingerprint density at radius 2 is 2.29 bits per heavy atom. The van der Waals surface area contributed by atoms with E-state index in [-0.39, 0.29) is 11.4 Å². The molecule has 0 aromatic carbocycles. The molecule has 0 amide bonds. The molecule has 2 aromatic heterocycles. The van der Waals surface area contributed by atoms with E-state index in [4.69, 9.17) is 16.3 Å². The summed E-state index contributed by atoms with van der Waals surface area (Å²) in [4.78, 5) is 18.7. The summed E-state index contributed by atoms with van der Waals surface area (Å²) in [7, 11) is 1.93. The average molecular weight is 309 g/mol. The van der Waals surface area contributed by atoms with Gasteiger partial charge in [0.1, 0.15) is 6.33 Å².